The van der Waals surface area contributed by atoms with Crippen LogP contribution in [0.25, 0.3) is 10.8 Å². The van der Waals surface area contributed by atoms with Crippen molar-refractivity contribution in [3.8, 4) is 5.75 Å². The van der Waals surface area contributed by atoms with Crippen molar-refractivity contribution in [1.29, 1.82) is 0 Å². The third-order valence-corrected chi connectivity index (χ3v) is 5.21. The molecule has 2 amide bonds. The Kier molecular flexibility index (Phi) is 7.82. The van der Waals surface area contributed by atoms with Gasteiger partial charge in [0.25, 0.3) is 5.91 Å². The molecule has 3 rings (SSSR count). The van der Waals surface area contributed by atoms with Crippen LogP contribution in [-0.4, -0.2) is 35.5 Å². The highest BCUT2D eigenvalue weighted by Crippen LogP contribution is 2.35. The maximum absolute atomic E-state index is 12.7. The third-order valence-electron chi connectivity index (χ3n) is 4.68. The molecule has 2 atom stereocenters. The molecule has 9 heteroatoms. The van der Waals surface area contributed by atoms with Gasteiger partial charge in [-0.05, 0) is 41.8 Å². The Bertz CT molecular complexity index is 1130. The van der Waals surface area contributed by atoms with Crippen molar-refractivity contribution >= 4 is 44.4 Å². The minimum Gasteiger partial charge on any atom is -0.507 e. The molecular weight excluding hydrogens is 480 g/mol. The number of hydrogen-bond acceptors (Lipinski definition) is 6. The Labute approximate surface area is 192 Å². The first kappa shape index (κ1) is 23.3. The van der Waals surface area contributed by atoms with Crippen molar-refractivity contribution in [3.63, 3.8) is 0 Å². The van der Waals surface area contributed by atoms with E-state index in [1.807, 2.05) is 0 Å². The summed E-state index contributed by atoms with van der Waals surface area (Å²) < 4.78 is 12.1. The lowest BCUT2D eigenvalue weighted by Gasteiger charge is -2.25. The maximum atomic E-state index is 12.7. The number of methoxy groups -OCH3 is 1. The van der Waals surface area contributed by atoms with Crippen molar-refractivity contribution < 1.29 is 29.4 Å². The van der Waals surface area contributed by atoms with Gasteiger partial charge in [-0.15, -0.1) is 0 Å². The number of benzene rings is 3. The molecule has 0 saturated carbocycles. The number of amides is 2. The van der Waals surface area contributed by atoms with E-state index in [1.165, 1.54) is 24.7 Å². The molecule has 0 saturated heterocycles. The average Bonchev–Trinajstić information content (AvgIpc) is 2.80. The molecule has 0 unspecified atom stereocenters. The average molecular weight is 501 g/mol. The number of rotatable bonds is 7. The van der Waals surface area contributed by atoms with Crippen LogP contribution in [0.2, 0.25) is 0 Å². The predicted molar refractivity (Wildman–Crippen MR) is 122 cm³/mol. The lowest BCUT2D eigenvalue weighted by molar-refractivity contribution is -0.124. The van der Waals surface area contributed by atoms with E-state index in [1.54, 1.807) is 54.6 Å². The molecule has 3 aromatic carbocycles. The Morgan fingerprint density at radius 2 is 1.72 bits per heavy atom. The van der Waals surface area contributed by atoms with Gasteiger partial charge in [-0.25, -0.2) is 10.3 Å². The van der Waals surface area contributed by atoms with Crippen LogP contribution in [0.4, 0.5) is 10.5 Å². The van der Waals surface area contributed by atoms with Crippen LogP contribution in [0.3, 0.4) is 0 Å². The standard InChI is InChI=1S/C23H21BrN2O6/c1-31-20(12-13-21(28)26-30)22(32-23(29)25-15-8-6-14(24)7-9-15)18-10-11-19(27)17-5-3-2-4-16(17)18/h2-13,20,22,27,30H,1H3,(H,25,29)(H,26,28)/b13-12+/t20-,22-/m1/s1. The minimum atomic E-state index is -0.983. The highest BCUT2D eigenvalue weighted by Gasteiger charge is 2.28. The summed E-state index contributed by atoms with van der Waals surface area (Å²) in [6, 6.07) is 17.2. The second kappa shape index (κ2) is 10.8. The van der Waals surface area contributed by atoms with Gasteiger partial charge >= 0.3 is 6.09 Å². The smallest absolute Gasteiger partial charge is 0.412 e. The lowest BCUT2D eigenvalue weighted by atomic mass is 9.96. The number of ether oxygens (including phenoxy) is 2. The van der Waals surface area contributed by atoms with E-state index in [2.05, 4.69) is 21.2 Å². The molecule has 8 nitrogen and oxygen atoms in total. The van der Waals surface area contributed by atoms with Crippen LogP contribution in [0.15, 0.2) is 77.3 Å². The van der Waals surface area contributed by atoms with Crippen LogP contribution < -0.4 is 10.8 Å². The highest BCUT2D eigenvalue weighted by molar-refractivity contribution is 9.10. The minimum absolute atomic E-state index is 0.0755. The molecule has 0 fully saturated rings. The second-order valence-electron chi connectivity index (χ2n) is 6.71. The quantitative estimate of drug-likeness (QED) is 0.212. The van der Waals surface area contributed by atoms with E-state index in [9.17, 15) is 14.7 Å². The van der Waals surface area contributed by atoms with E-state index in [0.29, 0.717) is 22.0 Å². The Balaban J connectivity index is 1.98. The summed E-state index contributed by atoms with van der Waals surface area (Å²) in [5.41, 5.74) is 2.59. The largest absolute Gasteiger partial charge is 0.507 e. The number of phenols is 1. The summed E-state index contributed by atoms with van der Waals surface area (Å²) in [5, 5.41) is 22.9. The fourth-order valence-corrected chi connectivity index (χ4v) is 3.44. The molecule has 0 aliphatic carbocycles. The molecule has 0 bridgehead atoms. The van der Waals surface area contributed by atoms with Crippen molar-refractivity contribution in [3.05, 3.63) is 82.9 Å². The summed E-state index contributed by atoms with van der Waals surface area (Å²) in [5.74, 6) is -0.688. The number of anilines is 1. The Hall–Kier alpha value is -3.40. The maximum Gasteiger partial charge on any atom is 0.412 e. The molecule has 3 aromatic rings. The SMILES string of the molecule is CO[C@H](/C=C/C(=O)NO)[C@H](OC(=O)Nc1ccc(Br)cc1)c1ccc(O)c2ccccc12. The first-order chi connectivity index (χ1) is 15.4. The van der Waals surface area contributed by atoms with Crippen molar-refractivity contribution in [2.24, 2.45) is 0 Å². The number of hydroxylamine groups is 1. The molecular formula is C23H21BrN2O6. The molecule has 0 heterocycles. The van der Waals surface area contributed by atoms with Gasteiger partial charge in [0.15, 0.2) is 6.10 Å². The summed E-state index contributed by atoms with van der Waals surface area (Å²) >= 11 is 3.34. The van der Waals surface area contributed by atoms with E-state index in [-0.39, 0.29) is 5.75 Å². The number of hydrogen-bond donors (Lipinski definition) is 4. The van der Waals surface area contributed by atoms with Crippen LogP contribution in [0, 0.1) is 0 Å². The third kappa shape index (κ3) is 5.64. The molecule has 0 radical (unpaired) electrons. The zero-order valence-electron chi connectivity index (χ0n) is 17.0. The van der Waals surface area contributed by atoms with E-state index in [4.69, 9.17) is 14.7 Å². The topological polar surface area (TPSA) is 117 Å². The fourth-order valence-electron chi connectivity index (χ4n) is 3.18. The van der Waals surface area contributed by atoms with Gasteiger partial charge in [0.05, 0.1) is 0 Å². The molecule has 32 heavy (non-hydrogen) atoms. The van der Waals surface area contributed by atoms with Crippen molar-refractivity contribution in [1.82, 2.24) is 5.48 Å². The summed E-state index contributed by atoms with van der Waals surface area (Å²) in [6.07, 6.45) is -0.166. The Morgan fingerprint density at radius 3 is 2.38 bits per heavy atom. The Morgan fingerprint density at radius 1 is 1.03 bits per heavy atom. The number of fused-ring (bicyclic) bond motifs is 1. The molecule has 0 aliphatic rings. The number of phenolic OH excluding ortho intramolecular Hbond substituents is 1. The number of nitrogens with one attached hydrogen (secondary N) is 2. The molecule has 0 aromatic heterocycles. The van der Waals surface area contributed by atoms with Crippen molar-refractivity contribution in [2.75, 3.05) is 12.4 Å². The van der Waals surface area contributed by atoms with Gasteiger partial charge in [0, 0.05) is 34.3 Å². The number of carbonyl (C=O) groups excluding carboxylic acids is 2. The van der Waals surface area contributed by atoms with Crippen LogP contribution in [0.1, 0.15) is 11.7 Å². The van der Waals surface area contributed by atoms with Crippen LogP contribution >= 0.6 is 15.9 Å². The van der Waals surface area contributed by atoms with Gasteiger partial charge in [0.1, 0.15) is 11.9 Å². The normalized spacial score (nSPS) is 13.0. The molecule has 0 spiro atoms. The number of halogens is 1. The van der Waals surface area contributed by atoms with Crippen LogP contribution in [0.5, 0.6) is 5.75 Å². The van der Waals surface area contributed by atoms with Gasteiger partial charge in [-0.1, -0.05) is 46.3 Å². The van der Waals surface area contributed by atoms with Gasteiger partial charge < -0.3 is 14.6 Å². The first-order valence-electron chi connectivity index (χ1n) is 9.51. The zero-order chi connectivity index (χ0) is 23.1. The van der Waals surface area contributed by atoms with Crippen LogP contribution in [-0.2, 0) is 14.3 Å². The van der Waals surface area contributed by atoms with Gasteiger partial charge in [-0.3, -0.25) is 15.3 Å². The monoisotopic (exact) mass is 500 g/mol. The van der Waals surface area contributed by atoms with E-state index >= 15 is 0 Å². The fraction of sp³-hybridized carbons (Fsp3) is 0.130. The van der Waals surface area contributed by atoms with E-state index in [0.717, 1.165) is 10.5 Å². The van der Waals surface area contributed by atoms with E-state index < -0.39 is 24.2 Å². The molecule has 0 aliphatic heterocycles. The summed E-state index contributed by atoms with van der Waals surface area (Å²) in [6.45, 7) is 0. The summed E-state index contributed by atoms with van der Waals surface area (Å²) in [4.78, 5) is 24.2. The molecule has 4 N–H and O–H groups in total. The summed E-state index contributed by atoms with van der Waals surface area (Å²) in [7, 11) is 1.40. The van der Waals surface area contributed by atoms with Crippen molar-refractivity contribution in [2.45, 2.75) is 12.2 Å². The molecule has 166 valence electrons. The van der Waals surface area contributed by atoms with Gasteiger partial charge in [-0.2, -0.15) is 0 Å². The first-order valence-corrected chi connectivity index (χ1v) is 10.3. The van der Waals surface area contributed by atoms with Gasteiger partial charge in [0.2, 0.25) is 0 Å². The lowest BCUT2D eigenvalue weighted by Crippen LogP contribution is -2.27. The predicted octanol–water partition coefficient (Wildman–Crippen LogP) is 4.67. The second-order valence-corrected chi connectivity index (χ2v) is 7.63. The number of carbonyl (C=O) groups is 2. The zero-order valence-corrected chi connectivity index (χ0v) is 18.6. The number of aromatic hydroxyl groups is 1. The highest BCUT2D eigenvalue weighted by atomic mass is 79.9.